The van der Waals surface area contributed by atoms with Gasteiger partial charge in [0, 0.05) is 0 Å². The Kier molecular flexibility index (Phi) is 3.72. The van der Waals surface area contributed by atoms with Crippen LogP contribution in [0.3, 0.4) is 0 Å². The molecule has 0 bridgehead atoms. The lowest BCUT2D eigenvalue weighted by Gasteiger charge is -2.22. The first kappa shape index (κ1) is 12.4. The molecule has 0 amide bonds. The summed E-state index contributed by atoms with van der Waals surface area (Å²) in [5, 5.41) is 3.31. The van der Waals surface area contributed by atoms with E-state index < -0.39 is 11.7 Å². The zero-order valence-corrected chi connectivity index (χ0v) is 9.56. The molecule has 1 aromatic rings. The van der Waals surface area contributed by atoms with Crippen molar-refractivity contribution in [1.29, 1.82) is 0 Å². The summed E-state index contributed by atoms with van der Waals surface area (Å²) in [6.45, 7) is 2.03. The Morgan fingerprint density at radius 3 is 2.41 bits per heavy atom. The number of halogens is 3. The summed E-state index contributed by atoms with van der Waals surface area (Å²) < 4.78 is 37.1. The highest BCUT2D eigenvalue weighted by Crippen LogP contribution is 2.29. The molecule has 0 aromatic heterocycles. The average molecular weight is 243 g/mol. The zero-order chi connectivity index (χ0) is 12.3. The summed E-state index contributed by atoms with van der Waals surface area (Å²) in [5.41, 5.74) is 0.426. The van der Waals surface area contributed by atoms with E-state index in [1.165, 1.54) is 12.1 Å². The smallest absolute Gasteiger partial charge is 0.316 e. The molecule has 0 aliphatic carbocycles. The minimum Gasteiger partial charge on any atom is -0.316 e. The van der Waals surface area contributed by atoms with E-state index in [9.17, 15) is 13.2 Å². The summed E-state index contributed by atoms with van der Waals surface area (Å²) in [5.74, 6) is 0.556. The summed E-state index contributed by atoms with van der Waals surface area (Å²) in [6, 6.07) is 5.53. The molecule has 17 heavy (non-hydrogen) atoms. The van der Waals surface area contributed by atoms with Crippen molar-refractivity contribution in [3.8, 4) is 0 Å². The number of hydrogen-bond donors (Lipinski definition) is 1. The van der Waals surface area contributed by atoms with Crippen LogP contribution in [0.25, 0.3) is 0 Å². The first-order chi connectivity index (χ1) is 8.05. The van der Waals surface area contributed by atoms with E-state index in [1.807, 2.05) is 0 Å². The molecule has 1 saturated heterocycles. The van der Waals surface area contributed by atoms with Gasteiger partial charge in [-0.05, 0) is 56.0 Å². The van der Waals surface area contributed by atoms with Gasteiger partial charge < -0.3 is 5.32 Å². The molecule has 1 nitrogen and oxygen atoms in total. The highest BCUT2D eigenvalue weighted by Gasteiger charge is 2.30. The largest absolute Gasteiger partial charge is 0.416 e. The van der Waals surface area contributed by atoms with Gasteiger partial charge in [-0.3, -0.25) is 0 Å². The van der Waals surface area contributed by atoms with Crippen LogP contribution in [0, 0.1) is 5.92 Å². The minimum atomic E-state index is -4.23. The molecular weight excluding hydrogens is 227 g/mol. The van der Waals surface area contributed by atoms with Gasteiger partial charge in [0.15, 0.2) is 0 Å². The fraction of sp³-hybridized carbons (Fsp3) is 0.538. The number of benzene rings is 1. The monoisotopic (exact) mass is 243 g/mol. The topological polar surface area (TPSA) is 12.0 Å². The number of alkyl halides is 3. The van der Waals surface area contributed by atoms with Crippen LogP contribution in [-0.4, -0.2) is 13.1 Å². The van der Waals surface area contributed by atoms with Crippen LogP contribution >= 0.6 is 0 Å². The molecule has 1 heterocycles. The van der Waals surface area contributed by atoms with Crippen LogP contribution in [-0.2, 0) is 12.6 Å². The third kappa shape index (κ3) is 3.46. The van der Waals surface area contributed by atoms with Crippen molar-refractivity contribution in [2.75, 3.05) is 13.1 Å². The van der Waals surface area contributed by atoms with Crippen molar-refractivity contribution in [2.24, 2.45) is 5.92 Å². The van der Waals surface area contributed by atoms with E-state index in [1.54, 1.807) is 12.1 Å². The van der Waals surface area contributed by atoms with Gasteiger partial charge in [0.05, 0.1) is 5.56 Å². The number of rotatable bonds is 2. The molecule has 0 unspecified atom stereocenters. The Labute approximate surface area is 99.0 Å². The van der Waals surface area contributed by atoms with Gasteiger partial charge >= 0.3 is 6.18 Å². The van der Waals surface area contributed by atoms with E-state index in [0.29, 0.717) is 5.92 Å². The normalized spacial score (nSPS) is 21.5. The van der Waals surface area contributed by atoms with Crippen molar-refractivity contribution in [3.05, 3.63) is 35.4 Å². The lowest BCUT2D eigenvalue weighted by molar-refractivity contribution is -0.137. The van der Waals surface area contributed by atoms with Crippen molar-refractivity contribution in [2.45, 2.75) is 25.4 Å². The first-order valence-corrected chi connectivity index (χ1v) is 5.92. The lowest BCUT2D eigenvalue weighted by atomic mass is 9.92. The van der Waals surface area contributed by atoms with Crippen LogP contribution in [0.5, 0.6) is 0 Å². The molecule has 0 saturated carbocycles. The van der Waals surface area contributed by atoms with Gasteiger partial charge in [0.2, 0.25) is 0 Å². The fourth-order valence-electron chi connectivity index (χ4n) is 2.26. The van der Waals surface area contributed by atoms with E-state index in [2.05, 4.69) is 5.32 Å². The molecule has 94 valence electrons. The quantitative estimate of drug-likeness (QED) is 0.840. The fourth-order valence-corrected chi connectivity index (χ4v) is 2.26. The predicted octanol–water partition coefficient (Wildman–Crippen LogP) is 3.25. The maximum absolute atomic E-state index is 12.4. The van der Waals surface area contributed by atoms with Gasteiger partial charge in [-0.2, -0.15) is 13.2 Å². The van der Waals surface area contributed by atoms with Gasteiger partial charge in [-0.15, -0.1) is 0 Å². The molecule has 1 atom stereocenters. The SMILES string of the molecule is FC(F)(F)c1ccc(C[C@H]2CCCNC2)cc1. The van der Waals surface area contributed by atoms with Crippen LogP contribution < -0.4 is 5.32 Å². The Bertz CT molecular complexity index is 350. The molecule has 1 aliphatic heterocycles. The molecule has 0 radical (unpaired) electrons. The van der Waals surface area contributed by atoms with E-state index in [0.717, 1.165) is 37.9 Å². The van der Waals surface area contributed by atoms with Crippen LogP contribution in [0.1, 0.15) is 24.0 Å². The average Bonchev–Trinajstić information content (AvgIpc) is 2.30. The van der Waals surface area contributed by atoms with Gasteiger partial charge in [-0.25, -0.2) is 0 Å². The Balaban J connectivity index is 1.98. The molecule has 1 aliphatic rings. The van der Waals surface area contributed by atoms with E-state index in [-0.39, 0.29) is 0 Å². The third-order valence-corrected chi connectivity index (χ3v) is 3.20. The number of hydrogen-bond acceptors (Lipinski definition) is 1. The zero-order valence-electron chi connectivity index (χ0n) is 9.56. The highest BCUT2D eigenvalue weighted by molar-refractivity contribution is 5.25. The first-order valence-electron chi connectivity index (χ1n) is 5.92. The van der Waals surface area contributed by atoms with Crippen LogP contribution in [0.2, 0.25) is 0 Å². The predicted molar refractivity (Wildman–Crippen MR) is 60.7 cm³/mol. The second-order valence-corrected chi connectivity index (χ2v) is 4.61. The highest BCUT2D eigenvalue weighted by atomic mass is 19.4. The van der Waals surface area contributed by atoms with Crippen molar-refractivity contribution in [3.63, 3.8) is 0 Å². The summed E-state index contributed by atoms with van der Waals surface area (Å²) in [7, 11) is 0. The Hall–Kier alpha value is -1.03. The lowest BCUT2D eigenvalue weighted by Crippen LogP contribution is -2.30. The molecule has 1 aromatic carbocycles. The second kappa shape index (κ2) is 5.08. The third-order valence-electron chi connectivity index (χ3n) is 3.20. The summed E-state index contributed by atoms with van der Waals surface area (Å²) >= 11 is 0. The van der Waals surface area contributed by atoms with Gasteiger partial charge in [-0.1, -0.05) is 12.1 Å². The Morgan fingerprint density at radius 2 is 1.88 bits per heavy atom. The maximum atomic E-state index is 12.4. The van der Waals surface area contributed by atoms with Gasteiger partial charge in [0.25, 0.3) is 0 Å². The second-order valence-electron chi connectivity index (χ2n) is 4.61. The van der Waals surface area contributed by atoms with Gasteiger partial charge in [0.1, 0.15) is 0 Å². The van der Waals surface area contributed by atoms with E-state index >= 15 is 0 Å². The molecule has 1 fully saturated rings. The summed E-state index contributed by atoms with van der Waals surface area (Å²) in [6.07, 6.45) is -1.05. The Morgan fingerprint density at radius 1 is 1.18 bits per heavy atom. The number of nitrogens with one attached hydrogen (secondary N) is 1. The molecule has 0 spiro atoms. The molecule has 4 heteroatoms. The summed E-state index contributed by atoms with van der Waals surface area (Å²) in [4.78, 5) is 0. The standard InChI is InChI=1S/C13H16F3N/c14-13(15,16)12-5-3-10(4-6-12)8-11-2-1-7-17-9-11/h3-6,11,17H,1-2,7-9H2/t11-/m1/s1. The maximum Gasteiger partial charge on any atom is 0.416 e. The minimum absolute atomic E-state index is 0.556. The van der Waals surface area contributed by atoms with Crippen molar-refractivity contribution in [1.82, 2.24) is 5.32 Å². The molecule has 2 rings (SSSR count). The number of piperidine rings is 1. The van der Waals surface area contributed by atoms with Crippen LogP contribution in [0.15, 0.2) is 24.3 Å². The van der Waals surface area contributed by atoms with Crippen molar-refractivity contribution >= 4 is 0 Å². The van der Waals surface area contributed by atoms with Crippen molar-refractivity contribution < 1.29 is 13.2 Å². The molecular formula is C13H16F3N. The van der Waals surface area contributed by atoms with E-state index in [4.69, 9.17) is 0 Å². The molecule has 1 N–H and O–H groups in total. The van der Waals surface area contributed by atoms with Crippen LogP contribution in [0.4, 0.5) is 13.2 Å².